The number of sulfonamides is 1. The number of nitrogens with zero attached hydrogens (tertiary/aromatic N) is 3. The number of hydrogen-bond acceptors (Lipinski definition) is 8. The fraction of sp³-hybridized carbons (Fsp3) is 0.100. The zero-order chi connectivity index (χ0) is 22.2. The van der Waals surface area contributed by atoms with Gasteiger partial charge in [-0.2, -0.15) is 0 Å². The van der Waals surface area contributed by atoms with Crippen molar-refractivity contribution in [3.8, 4) is 11.5 Å². The van der Waals surface area contributed by atoms with Crippen molar-refractivity contribution >= 4 is 32.9 Å². The number of hydrogen-bond donors (Lipinski definition) is 1. The fourth-order valence-corrected chi connectivity index (χ4v) is 3.66. The van der Waals surface area contributed by atoms with E-state index in [0.29, 0.717) is 16.5 Å². The number of carbonyl (C=O) groups is 1. The Morgan fingerprint density at radius 3 is 2.42 bits per heavy atom. The van der Waals surface area contributed by atoms with Crippen molar-refractivity contribution in [3.05, 3.63) is 70.6 Å². The van der Waals surface area contributed by atoms with Gasteiger partial charge in [0.25, 0.3) is 5.91 Å². The van der Waals surface area contributed by atoms with Gasteiger partial charge in [-0.3, -0.25) is 10.1 Å². The average Bonchev–Trinajstić information content (AvgIpc) is 3.21. The summed E-state index contributed by atoms with van der Waals surface area (Å²) in [6.45, 7) is 0. The van der Waals surface area contributed by atoms with E-state index >= 15 is 0 Å². The number of amides is 1. The Balaban J connectivity index is 1.55. The van der Waals surface area contributed by atoms with Crippen LogP contribution in [0.1, 0.15) is 10.4 Å². The molecule has 4 rings (SSSR count). The number of carbonyl (C=O) groups excluding carboxylic acids is 1. The second-order valence-corrected chi connectivity index (χ2v) is 8.82. The fourth-order valence-electron chi connectivity index (χ4n) is 2.76. The van der Waals surface area contributed by atoms with Crippen molar-refractivity contribution in [2.45, 2.75) is 4.90 Å². The van der Waals surface area contributed by atoms with E-state index in [9.17, 15) is 18.0 Å². The minimum atomic E-state index is -3.57. The molecule has 1 N–H and O–H groups in total. The molecular weight excluding hydrogens is 424 g/mol. The van der Waals surface area contributed by atoms with Crippen LogP contribution in [0.25, 0.3) is 22.4 Å². The second-order valence-electron chi connectivity index (χ2n) is 6.66. The van der Waals surface area contributed by atoms with Gasteiger partial charge in [0.05, 0.1) is 4.90 Å². The summed E-state index contributed by atoms with van der Waals surface area (Å²) in [6, 6.07) is 13.8. The molecule has 0 aliphatic heterocycles. The smallest absolute Gasteiger partial charge is 0.349 e. The summed E-state index contributed by atoms with van der Waals surface area (Å²) < 4.78 is 36.0. The molecular formula is C20H16N4O6S. The van der Waals surface area contributed by atoms with Crippen LogP contribution in [-0.4, -0.2) is 42.9 Å². The van der Waals surface area contributed by atoms with Gasteiger partial charge in [0, 0.05) is 25.0 Å². The lowest BCUT2D eigenvalue weighted by Crippen LogP contribution is -2.22. The van der Waals surface area contributed by atoms with Crippen LogP contribution in [0.4, 0.5) is 6.01 Å². The Morgan fingerprint density at radius 2 is 1.71 bits per heavy atom. The van der Waals surface area contributed by atoms with Gasteiger partial charge < -0.3 is 8.83 Å². The van der Waals surface area contributed by atoms with Crippen LogP contribution in [0.5, 0.6) is 0 Å². The summed E-state index contributed by atoms with van der Waals surface area (Å²) in [5.41, 5.74) is -0.190. The molecule has 0 saturated heterocycles. The van der Waals surface area contributed by atoms with Gasteiger partial charge in [0.2, 0.25) is 15.9 Å². The summed E-state index contributed by atoms with van der Waals surface area (Å²) in [7, 11) is -0.692. The Hall–Kier alpha value is -3.83. The van der Waals surface area contributed by atoms with E-state index in [-0.39, 0.29) is 22.4 Å². The first-order chi connectivity index (χ1) is 14.8. The lowest BCUT2D eigenvalue weighted by atomic mass is 10.2. The average molecular weight is 440 g/mol. The third-order valence-electron chi connectivity index (χ3n) is 4.41. The topological polar surface area (TPSA) is 136 Å². The van der Waals surface area contributed by atoms with E-state index in [1.165, 1.54) is 44.4 Å². The monoisotopic (exact) mass is 440 g/mol. The highest BCUT2D eigenvalue weighted by Crippen LogP contribution is 2.23. The molecule has 0 atom stereocenters. The zero-order valence-electron chi connectivity index (χ0n) is 16.4. The quantitative estimate of drug-likeness (QED) is 0.467. The van der Waals surface area contributed by atoms with Crippen molar-refractivity contribution in [2.75, 3.05) is 19.4 Å². The minimum absolute atomic E-state index is 0.0645. The summed E-state index contributed by atoms with van der Waals surface area (Å²) in [6.07, 6.45) is 0. The van der Waals surface area contributed by atoms with Gasteiger partial charge in [-0.25, -0.2) is 17.5 Å². The predicted molar refractivity (Wildman–Crippen MR) is 111 cm³/mol. The highest BCUT2D eigenvalue weighted by molar-refractivity contribution is 7.89. The van der Waals surface area contributed by atoms with Gasteiger partial charge >= 0.3 is 11.6 Å². The maximum atomic E-state index is 12.5. The van der Waals surface area contributed by atoms with Crippen molar-refractivity contribution in [1.82, 2.24) is 14.5 Å². The molecule has 31 heavy (non-hydrogen) atoms. The van der Waals surface area contributed by atoms with Crippen LogP contribution in [0, 0.1) is 0 Å². The first-order valence-electron chi connectivity index (χ1n) is 8.96. The molecule has 0 bridgehead atoms. The van der Waals surface area contributed by atoms with Crippen LogP contribution in [0.3, 0.4) is 0 Å². The first kappa shape index (κ1) is 20.4. The Labute approximate surface area is 176 Å². The molecule has 0 radical (unpaired) electrons. The zero-order valence-corrected chi connectivity index (χ0v) is 17.2. The van der Waals surface area contributed by atoms with Crippen molar-refractivity contribution in [2.24, 2.45) is 0 Å². The van der Waals surface area contributed by atoms with Gasteiger partial charge in [-0.05, 0) is 36.4 Å². The van der Waals surface area contributed by atoms with E-state index in [4.69, 9.17) is 8.83 Å². The van der Waals surface area contributed by atoms with E-state index in [2.05, 4.69) is 15.5 Å². The third-order valence-corrected chi connectivity index (χ3v) is 6.24. The Morgan fingerprint density at radius 1 is 1.00 bits per heavy atom. The van der Waals surface area contributed by atoms with E-state index in [1.54, 1.807) is 24.3 Å². The summed E-state index contributed by atoms with van der Waals surface area (Å²) >= 11 is 0. The molecule has 4 aromatic rings. The molecule has 2 aromatic heterocycles. The lowest BCUT2D eigenvalue weighted by Gasteiger charge is -2.11. The minimum Gasteiger partial charge on any atom is -0.422 e. The summed E-state index contributed by atoms with van der Waals surface area (Å²) in [5, 5.41) is 10.5. The third kappa shape index (κ3) is 3.96. The molecule has 0 aliphatic carbocycles. The molecule has 2 aromatic carbocycles. The standard InChI is InChI=1S/C20H16N4O6S/c1-24(2)31(27,28)14-9-7-12(8-10-14)18-22-23-20(30-18)21-17(25)15-11-13-5-3-4-6-16(13)29-19(15)26/h3-11H,1-2H3,(H,21,23,25). The normalized spacial score (nSPS) is 11.7. The van der Waals surface area contributed by atoms with E-state index in [1.807, 2.05) is 0 Å². The number of benzene rings is 2. The van der Waals surface area contributed by atoms with Crippen LogP contribution in [0.2, 0.25) is 0 Å². The molecule has 0 fully saturated rings. The van der Waals surface area contributed by atoms with Crippen LogP contribution < -0.4 is 10.9 Å². The maximum absolute atomic E-state index is 12.5. The Bertz CT molecular complexity index is 1440. The number of nitrogens with one attached hydrogen (secondary N) is 1. The summed E-state index contributed by atoms with van der Waals surface area (Å²) in [5.74, 6) is -0.697. The SMILES string of the molecule is CN(C)S(=O)(=O)c1ccc(-c2nnc(NC(=O)c3cc4ccccc4oc3=O)o2)cc1. The largest absolute Gasteiger partial charge is 0.422 e. The number of fused-ring (bicyclic) bond motifs is 1. The second kappa shape index (κ2) is 7.78. The predicted octanol–water partition coefficient (Wildman–Crippen LogP) is 2.35. The highest BCUT2D eigenvalue weighted by atomic mass is 32.2. The number of anilines is 1. The van der Waals surface area contributed by atoms with Crippen molar-refractivity contribution in [3.63, 3.8) is 0 Å². The van der Waals surface area contributed by atoms with Gasteiger partial charge in [-0.15, -0.1) is 5.10 Å². The first-order valence-corrected chi connectivity index (χ1v) is 10.4. The lowest BCUT2D eigenvalue weighted by molar-refractivity contribution is 0.102. The highest BCUT2D eigenvalue weighted by Gasteiger charge is 2.19. The molecule has 0 unspecified atom stereocenters. The molecule has 1 amide bonds. The van der Waals surface area contributed by atoms with Gasteiger partial charge in [-0.1, -0.05) is 23.3 Å². The molecule has 10 nitrogen and oxygen atoms in total. The molecule has 0 aliphatic rings. The summed E-state index contributed by atoms with van der Waals surface area (Å²) in [4.78, 5) is 24.7. The number of rotatable bonds is 5. The van der Waals surface area contributed by atoms with Crippen LogP contribution in [0.15, 0.2) is 73.1 Å². The van der Waals surface area contributed by atoms with Crippen molar-refractivity contribution < 1.29 is 22.0 Å². The molecule has 158 valence electrons. The van der Waals surface area contributed by atoms with Crippen LogP contribution in [-0.2, 0) is 10.0 Å². The number of para-hydroxylation sites is 1. The van der Waals surface area contributed by atoms with Crippen LogP contribution >= 0.6 is 0 Å². The molecule has 0 saturated carbocycles. The molecule has 11 heteroatoms. The van der Waals surface area contributed by atoms with Crippen molar-refractivity contribution in [1.29, 1.82) is 0 Å². The van der Waals surface area contributed by atoms with Gasteiger partial charge in [0.15, 0.2) is 0 Å². The van der Waals surface area contributed by atoms with E-state index in [0.717, 1.165) is 4.31 Å². The molecule has 2 heterocycles. The molecule has 0 spiro atoms. The van der Waals surface area contributed by atoms with E-state index < -0.39 is 21.6 Å². The number of aromatic nitrogens is 2. The van der Waals surface area contributed by atoms with Gasteiger partial charge in [0.1, 0.15) is 11.1 Å². The maximum Gasteiger partial charge on any atom is 0.349 e. The Kier molecular flexibility index (Phi) is 5.13.